The number of nitrogens with zero attached hydrogens (tertiary/aromatic N) is 4. The largest absolute Gasteiger partial charge is 0.481 e. The highest BCUT2D eigenvalue weighted by Gasteiger charge is 2.26. The summed E-state index contributed by atoms with van der Waals surface area (Å²) in [4.78, 5) is 31.0. The molecule has 0 aliphatic carbocycles. The van der Waals surface area contributed by atoms with E-state index in [4.69, 9.17) is 16.7 Å². The number of carbonyl (C=O) groups excluding carboxylic acids is 1. The molecule has 4 rings (SSSR count). The van der Waals surface area contributed by atoms with Crippen LogP contribution in [0.5, 0.6) is 0 Å². The predicted octanol–water partition coefficient (Wildman–Crippen LogP) is 3.94. The Labute approximate surface area is 191 Å². The van der Waals surface area contributed by atoms with Crippen LogP contribution in [0.2, 0.25) is 5.02 Å². The maximum absolute atomic E-state index is 12.3. The van der Waals surface area contributed by atoms with Crippen molar-refractivity contribution in [3.63, 3.8) is 0 Å². The second-order valence-electron chi connectivity index (χ2n) is 7.30. The Morgan fingerprint density at radius 3 is 2.25 bits per heavy atom. The number of hydrogen-bond acceptors (Lipinski definition) is 5. The van der Waals surface area contributed by atoms with E-state index in [-0.39, 0.29) is 26.2 Å². The Kier molecular flexibility index (Phi) is 7.48. The fourth-order valence-electron chi connectivity index (χ4n) is 3.72. The van der Waals surface area contributed by atoms with Crippen LogP contribution in [-0.4, -0.2) is 63.2 Å². The molecule has 0 atom stereocenters. The molecule has 0 radical (unpaired) electrons. The molecule has 1 saturated heterocycles. The van der Waals surface area contributed by atoms with Gasteiger partial charge in [0.05, 0.1) is 17.7 Å². The summed E-state index contributed by atoms with van der Waals surface area (Å²) in [6.45, 7) is 2.28. The van der Waals surface area contributed by atoms with Gasteiger partial charge in [0.2, 0.25) is 5.91 Å². The lowest BCUT2D eigenvalue weighted by atomic mass is 10.0. The zero-order chi connectivity index (χ0) is 21.8. The normalized spacial score (nSPS) is 13.5. The van der Waals surface area contributed by atoms with Crippen molar-refractivity contribution in [2.45, 2.75) is 20.3 Å². The minimum atomic E-state index is -0.958. The highest BCUT2D eigenvalue weighted by Crippen LogP contribution is 2.38. The zero-order valence-electron chi connectivity index (χ0n) is 16.8. The summed E-state index contributed by atoms with van der Waals surface area (Å²) in [5.74, 6) is -0.269. The number of carboxylic acids is 1. The fourth-order valence-corrected chi connectivity index (χ4v) is 3.84. The number of carboxylic acid groups (broad SMARTS) is 1. The Hall–Kier alpha value is -3.39. The third-order valence-corrected chi connectivity index (χ3v) is 5.59. The van der Waals surface area contributed by atoms with Crippen molar-refractivity contribution in [3.8, 4) is 22.4 Å². The van der Waals surface area contributed by atoms with Crippen molar-refractivity contribution >= 4 is 29.3 Å². The summed E-state index contributed by atoms with van der Waals surface area (Å²) in [5, 5.41) is 17.2. The van der Waals surface area contributed by atoms with Crippen molar-refractivity contribution in [2.24, 2.45) is 0 Å². The molecule has 0 spiro atoms. The second kappa shape index (κ2) is 10.3. The van der Waals surface area contributed by atoms with E-state index in [0.29, 0.717) is 31.2 Å². The van der Waals surface area contributed by atoms with Gasteiger partial charge in [0.1, 0.15) is 0 Å². The number of halogens is 1. The number of aromatic amines is 1. The van der Waals surface area contributed by atoms with Crippen LogP contribution in [0.4, 0.5) is 5.82 Å². The first-order chi connectivity index (χ1) is 15.0. The van der Waals surface area contributed by atoms with Crippen LogP contribution in [0.25, 0.3) is 22.4 Å². The third kappa shape index (κ3) is 5.08. The lowest BCUT2D eigenvalue weighted by Crippen LogP contribution is -2.49. The molecule has 3 heterocycles. The van der Waals surface area contributed by atoms with Crippen LogP contribution < -0.4 is 4.90 Å². The van der Waals surface area contributed by atoms with Crippen LogP contribution in [0, 0.1) is 0 Å². The van der Waals surface area contributed by atoms with Crippen molar-refractivity contribution in [1.29, 1.82) is 0 Å². The van der Waals surface area contributed by atoms with Crippen molar-refractivity contribution in [2.75, 3.05) is 31.1 Å². The molecular weight excluding hydrogens is 430 g/mol. The molecule has 0 unspecified atom stereocenters. The molecule has 32 heavy (non-hydrogen) atoms. The molecule has 1 aromatic carbocycles. The minimum absolute atomic E-state index is 0. The first kappa shape index (κ1) is 23.3. The lowest BCUT2D eigenvalue weighted by Gasteiger charge is -2.35. The summed E-state index contributed by atoms with van der Waals surface area (Å²) in [7, 11) is 0. The van der Waals surface area contributed by atoms with E-state index in [9.17, 15) is 9.59 Å². The van der Waals surface area contributed by atoms with Gasteiger partial charge in [-0.3, -0.25) is 19.7 Å². The summed E-state index contributed by atoms with van der Waals surface area (Å²) in [5.41, 5.74) is 3.81. The van der Waals surface area contributed by atoms with E-state index in [1.165, 1.54) is 0 Å². The van der Waals surface area contributed by atoms with Crippen LogP contribution in [-0.2, 0) is 9.59 Å². The predicted molar refractivity (Wildman–Crippen MR) is 125 cm³/mol. The van der Waals surface area contributed by atoms with Gasteiger partial charge in [0.25, 0.3) is 0 Å². The molecule has 168 valence electrons. The van der Waals surface area contributed by atoms with Gasteiger partial charge in [-0.2, -0.15) is 5.10 Å². The maximum Gasteiger partial charge on any atom is 0.303 e. The molecule has 0 saturated carbocycles. The Bertz CT molecular complexity index is 1060. The highest BCUT2D eigenvalue weighted by molar-refractivity contribution is 6.30. The number of rotatable bonds is 6. The van der Waals surface area contributed by atoms with Gasteiger partial charge in [-0.1, -0.05) is 31.2 Å². The number of hydrogen-bond donors (Lipinski definition) is 2. The van der Waals surface area contributed by atoms with E-state index in [2.05, 4.69) is 20.1 Å². The van der Waals surface area contributed by atoms with Gasteiger partial charge in [-0.05, 0) is 29.8 Å². The number of carbonyl (C=O) groups is 2. The van der Waals surface area contributed by atoms with Crippen LogP contribution >= 0.6 is 11.6 Å². The van der Waals surface area contributed by atoms with Gasteiger partial charge in [0.15, 0.2) is 5.82 Å². The average molecular weight is 456 g/mol. The quantitative estimate of drug-likeness (QED) is 0.583. The molecule has 3 aromatic rings. The number of H-pyrrole nitrogens is 1. The molecule has 1 aliphatic heterocycles. The van der Waals surface area contributed by atoms with Gasteiger partial charge in [-0.25, -0.2) is 0 Å². The molecule has 9 heteroatoms. The van der Waals surface area contributed by atoms with Crippen LogP contribution in [0.15, 0.2) is 48.8 Å². The van der Waals surface area contributed by atoms with E-state index in [1.54, 1.807) is 17.3 Å². The Balaban J connectivity index is 0.00000289. The molecule has 2 N–H and O–H groups in total. The summed E-state index contributed by atoms with van der Waals surface area (Å²) < 4.78 is 0. The number of aromatic nitrogens is 3. The van der Waals surface area contributed by atoms with Gasteiger partial charge < -0.3 is 14.9 Å². The number of aliphatic carboxylic acids is 1. The van der Waals surface area contributed by atoms with E-state index in [1.807, 2.05) is 36.4 Å². The Morgan fingerprint density at radius 2 is 1.62 bits per heavy atom. The highest BCUT2D eigenvalue weighted by atomic mass is 35.5. The smallest absolute Gasteiger partial charge is 0.303 e. The summed E-state index contributed by atoms with van der Waals surface area (Å²) >= 11 is 6.05. The topological polar surface area (TPSA) is 102 Å². The van der Waals surface area contributed by atoms with Crippen molar-refractivity contribution < 1.29 is 14.7 Å². The van der Waals surface area contributed by atoms with Gasteiger partial charge >= 0.3 is 5.97 Å². The average Bonchev–Trinajstić information content (AvgIpc) is 3.24. The van der Waals surface area contributed by atoms with E-state index < -0.39 is 5.97 Å². The first-order valence-corrected chi connectivity index (χ1v) is 10.4. The molecule has 1 amide bonds. The van der Waals surface area contributed by atoms with Gasteiger partial charge in [0, 0.05) is 55.6 Å². The van der Waals surface area contributed by atoms with Gasteiger partial charge in [-0.15, -0.1) is 0 Å². The Morgan fingerprint density at radius 1 is 0.969 bits per heavy atom. The number of pyridine rings is 1. The number of amides is 1. The van der Waals surface area contributed by atoms with E-state index in [0.717, 1.165) is 28.2 Å². The first-order valence-electron chi connectivity index (χ1n) is 10.0. The van der Waals surface area contributed by atoms with Crippen LogP contribution in [0.1, 0.15) is 20.3 Å². The fraction of sp³-hybridized carbons (Fsp3) is 0.304. The molecule has 1 aliphatic rings. The molecule has 2 aromatic heterocycles. The number of anilines is 1. The minimum Gasteiger partial charge on any atom is -0.481 e. The maximum atomic E-state index is 12.3. The number of nitrogens with one attached hydrogen (secondary N) is 1. The summed E-state index contributed by atoms with van der Waals surface area (Å²) in [6, 6.07) is 11.5. The number of piperazine rings is 1. The lowest BCUT2D eigenvalue weighted by molar-refractivity contribution is -0.141. The monoisotopic (exact) mass is 455 g/mol. The summed E-state index contributed by atoms with van der Waals surface area (Å²) in [6.07, 6.45) is 3.38. The molecule has 1 fully saturated rings. The van der Waals surface area contributed by atoms with Crippen molar-refractivity contribution in [3.05, 3.63) is 53.8 Å². The molecule has 0 bridgehead atoms. The molecule has 8 nitrogen and oxygen atoms in total. The van der Waals surface area contributed by atoms with E-state index >= 15 is 0 Å². The zero-order valence-corrected chi connectivity index (χ0v) is 17.5. The standard InChI is InChI=1S/C22H22ClN5O3.CH4/c23-17-3-1-16(2-4-17)21-20(15-7-9-24-10-8-15)22(26-25-21)28-13-11-27(12-14-28)18(29)5-6-19(30)31;/h1-4,7-10H,5-6,11-14H2,(H,25,26)(H,30,31);1H4. The third-order valence-electron chi connectivity index (χ3n) is 5.33. The SMILES string of the molecule is C.O=C(O)CCC(=O)N1CCN(c2n[nH]c(-c3ccc(Cl)cc3)c2-c2ccncc2)CC1. The van der Waals surface area contributed by atoms with Crippen molar-refractivity contribution in [1.82, 2.24) is 20.1 Å². The molecular formula is C23H26ClN5O3. The van der Waals surface area contributed by atoms with Crippen LogP contribution in [0.3, 0.4) is 0 Å². The number of benzene rings is 1. The second-order valence-corrected chi connectivity index (χ2v) is 7.74.